The summed E-state index contributed by atoms with van der Waals surface area (Å²) in [4.78, 5) is 13.7. The molecule has 2 heterocycles. The summed E-state index contributed by atoms with van der Waals surface area (Å²) in [5.41, 5.74) is 3.31. The second-order valence-electron chi connectivity index (χ2n) is 12.8. The summed E-state index contributed by atoms with van der Waals surface area (Å²) in [6, 6.07) is 20.9. The molecule has 1 aliphatic rings. The van der Waals surface area contributed by atoms with Gasteiger partial charge in [0.15, 0.2) is 23.0 Å². The number of para-hydroxylation sites is 1. The topological polar surface area (TPSA) is 185 Å². The van der Waals surface area contributed by atoms with Crippen molar-refractivity contribution in [1.82, 2.24) is 0 Å². The zero-order valence-corrected chi connectivity index (χ0v) is 28.2. The van der Waals surface area contributed by atoms with E-state index in [0.29, 0.717) is 28.2 Å². The number of rotatable bonds is 5. The average molecular weight is 704 g/mol. The Labute approximate surface area is 302 Å². The Morgan fingerprint density at radius 1 is 0.755 bits per heavy atom. The molecule has 1 atom stereocenters. The van der Waals surface area contributed by atoms with Crippen molar-refractivity contribution in [1.29, 1.82) is 0 Å². The molecule has 0 bridgehead atoms. The van der Waals surface area contributed by atoms with Gasteiger partial charge in [-0.1, -0.05) is 73.7 Å². The summed E-state index contributed by atoms with van der Waals surface area (Å²) < 4.78 is 11.7. The van der Waals surface area contributed by atoms with Crippen molar-refractivity contribution < 1.29 is 39.5 Å². The molecule has 0 spiro atoms. The van der Waals surface area contributed by atoms with Crippen LogP contribution in [-0.2, 0) is 6.54 Å². The number of benzene rings is 5. The van der Waals surface area contributed by atoms with Gasteiger partial charge in [-0.05, 0) is 53.9 Å². The molecule has 0 aliphatic heterocycles. The lowest BCUT2D eigenvalue weighted by Crippen LogP contribution is -2.08. The number of fused-ring (bicyclic) bond motifs is 6. The Morgan fingerprint density at radius 2 is 1.45 bits per heavy atom. The fourth-order valence-corrected chi connectivity index (χ4v) is 6.63. The molecule has 1 unspecified atom stereocenters. The lowest BCUT2D eigenvalue weighted by Gasteiger charge is -2.13. The second-order valence-corrected chi connectivity index (χ2v) is 12.8. The van der Waals surface area contributed by atoms with Crippen LogP contribution < -0.4 is 5.46 Å². The molecule has 0 fully saturated rings. The fourth-order valence-electron chi connectivity index (χ4n) is 6.63. The number of aliphatic imine (C=N–C) groups is 3. The van der Waals surface area contributed by atoms with Crippen LogP contribution in [-0.4, -0.2) is 56.9 Å². The molecule has 53 heavy (non-hydrogen) atoms. The predicted octanol–water partition coefficient (Wildman–Crippen LogP) is 7.59. The molecule has 0 saturated carbocycles. The largest absolute Gasteiger partial charge is 0.508 e. The summed E-state index contributed by atoms with van der Waals surface area (Å²) in [5.74, 6) is -4.17. The monoisotopic (exact) mass is 703 g/mol. The van der Waals surface area contributed by atoms with Crippen molar-refractivity contribution in [2.75, 3.05) is 0 Å². The van der Waals surface area contributed by atoms with Crippen molar-refractivity contribution in [3.05, 3.63) is 107 Å². The first-order valence-corrected chi connectivity index (χ1v) is 16.6. The van der Waals surface area contributed by atoms with E-state index >= 15 is 0 Å². The highest BCUT2D eigenvalue weighted by Gasteiger charge is 2.29. The highest BCUT2D eigenvalue weighted by molar-refractivity contribution is 6.42. The van der Waals surface area contributed by atoms with Gasteiger partial charge in [-0.2, -0.15) is 0 Å². The second kappa shape index (κ2) is 12.7. The maximum Gasteiger partial charge on any atom is 0.208 e. The number of phenols is 6. The van der Waals surface area contributed by atoms with Crippen molar-refractivity contribution >= 4 is 81.1 Å². The maximum absolute atomic E-state index is 11.5. The van der Waals surface area contributed by atoms with Crippen LogP contribution in [0.4, 0.5) is 0 Å². The number of furan rings is 2. The molecule has 1 aliphatic carbocycles. The Kier molecular flexibility index (Phi) is 7.94. The Hall–Kier alpha value is -6.95. The van der Waals surface area contributed by atoms with Gasteiger partial charge in [0.2, 0.25) is 17.2 Å². The predicted molar refractivity (Wildman–Crippen MR) is 206 cm³/mol. The number of allylic oxidation sites excluding steroid dienone is 4. The molecule has 8 rings (SSSR count). The third-order valence-electron chi connectivity index (χ3n) is 9.52. The van der Waals surface area contributed by atoms with Crippen LogP contribution in [0.25, 0.3) is 49.5 Å². The number of hydrogen-bond donors (Lipinski definition) is 6. The van der Waals surface area contributed by atoms with Gasteiger partial charge >= 0.3 is 0 Å². The molecular formula is C41H30BN3O8. The number of nitrogens with zero attached hydrogens (tertiary/aromatic N) is 3. The first kappa shape index (κ1) is 33.2. The molecule has 0 saturated heterocycles. The molecule has 6 N–H and O–H groups in total. The van der Waals surface area contributed by atoms with Crippen LogP contribution in [0.2, 0.25) is 0 Å². The van der Waals surface area contributed by atoms with Gasteiger partial charge in [-0.25, -0.2) is 9.98 Å². The van der Waals surface area contributed by atoms with Crippen LogP contribution in [0.3, 0.4) is 0 Å². The van der Waals surface area contributed by atoms with E-state index in [1.165, 1.54) is 0 Å². The molecule has 12 heteroatoms. The summed E-state index contributed by atoms with van der Waals surface area (Å²) in [5, 5.41) is 65.4. The van der Waals surface area contributed by atoms with Gasteiger partial charge in [0.1, 0.15) is 36.1 Å². The first-order valence-electron chi connectivity index (χ1n) is 16.6. The molecule has 2 radical (unpaired) electrons. The lowest BCUT2D eigenvalue weighted by molar-refractivity contribution is 0.348. The van der Waals surface area contributed by atoms with E-state index in [2.05, 4.69) is 36.9 Å². The van der Waals surface area contributed by atoms with E-state index in [-0.39, 0.29) is 39.1 Å². The maximum atomic E-state index is 11.5. The minimum atomic E-state index is -1.04. The van der Waals surface area contributed by atoms with Crippen LogP contribution in [0.15, 0.2) is 109 Å². The van der Waals surface area contributed by atoms with E-state index in [4.69, 9.17) is 26.7 Å². The minimum Gasteiger partial charge on any atom is -0.508 e. The summed E-state index contributed by atoms with van der Waals surface area (Å²) in [6.07, 6.45) is 7.46. The van der Waals surface area contributed by atoms with Crippen molar-refractivity contribution in [2.24, 2.45) is 20.9 Å². The zero-order valence-electron chi connectivity index (χ0n) is 28.2. The van der Waals surface area contributed by atoms with E-state index in [9.17, 15) is 30.6 Å². The standard InChI is InChI=1S/C41H30BN3O8/c1-19-7-9-20(10-8-19)21-11-13-22(14-12-21)40(43-2)45-41(23-15-16-25-24-5-3-4-6-27(24)52-28(25)17-23)44-18-26-32(46)29-30-34(48)35(49)36(50)37(51)39(30)53-38(29)31(42)33(26)47/h3-7,9-17,19,46-51H,2,8,18H2,1H3. The Morgan fingerprint density at radius 3 is 2.19 bits per heavy atom. The highest BCUT2D eigenvalue weighted by atomic mass is 16.4. The van der Waals surface area contributed by atoms with Crippen LogP contribution in [0.1, 0.15) is 35.6 Å². The smallest absolute Gasteiger partial charge is 0.208 e. The number of phenolic OH excluding ortho intramolecular Hbond substituents is 6. The molecule has 0 amide bonds. The van der Waals surface area contributed by atoms with Crippen LogP contribution in [0.5, 0.6) is 34.5 Å². The van der Waals surface area contributed by atoms with E-state index in [1.807, 2.05) is 60.7 Å². The minimum absolute atomic E-state index is 0.142. The average Bonchev–Trinajstić information content (AvgIpc) is 3.76. The van der Waals surface area contributed by atoms with Crippen LogP contribution >= 0.6 is 0 Å². The third kappa shape index (κ3) is 5.43. The lowest BCUT2D eigenvalue weighted by atomic mass is 9.89. The molecule has 7 aromatic rings. The van der Waals surface area contributed by atoms with Crippen molar-refractivity contribution in [3.8, 4) is 34.5 Å². The van der Waals surface area contributed by atoms with Gasteiger partial charge in [0.05, 0.1) is 22.9 Å². The zero-order chi connectivity index (χ0) is 37.1. The quantitative estimate of drug-likeness (QED) is 0.0348. The van der Waals surface area contributed by atoms with E-state index in [1.54, 1.807) is 6.07 Å². The fraction of sp³-hybridized carbons (Fsp3) is 0.0976. The van der Waals surface area contributed by atoms with Crippen molar-refractivity contribution in [2.45, 2.75) is 19.9 Å². The van der Waals surface area contributed by atoms with Gasteiger partial charge in [-0.3, -0.25) is 4.99 Å². The van der Waals surface area contributed by atoms with Crippen LogP contribution in [0, 0.1) is 5.92 Å². The summed E-state index contributed by atoms with van der Waals surface area (Å²) in [7, 11) is 6.23. The number of aromatic hydroxyl groups is 6. The molecule has 2 aromatic heterocycles. The molecule has 260 valence electrons. The van der Waals surface area contributed by atoms with Gasteiger partial charge in [0, 0.05) is 21.9 Å². The molecule has 11 nitrogen and oxygen atoms in total. The molecule has 5 aromatic carbocycles. The number of hydrogen-bond acceptors (Lipinski definition) is 9. The summed E-state index contributed by atoms with van der Waals surface area (Å²) in [6.45, 7) is 5.53. The van der Waals surface area contributed by atoms with Gasteiger partial charge < -0.3 is 39.5 Å². The Bertz CT molecular complexity index is 2790. The van der Waals surface area contributed by atoms with Crippen molar-refractivity contribution in [3.63, 3.8) is 0 Å². The normalized spacial score (nSPS) is 15.2. The summed E-state index contributed by atoms with van der Waals surface area (Å²) >= 11 is 0. The van der Waals surface area contributed by atoms with Gasteiger partial charge in [-0.15, -0.1) is 0 Å². The van der Waals surface area contributed by atoms with E-state index < -0.39 is 46.6 Å². The highest BCUT2D eigenvalue weighted by Crippen LogP contribution is 2.54. The first-order chi connectivity index (χ1) is 25.5. The van der Waals surface area contributed by atoms with E-state index in [0.717, 1.165) is 28.3 Å². The van der Waals surface area contributed by atoms with Gasteiger partial charge in [0.25, 0.3) is 0 Å². The SMILES string of the molecule is [B]c1c(O)c(CN=C(N=C(N=C)c2ccc(C3=CCC(C)C=C3)cc2)c2ccc3c(c2)oc2ccccc23)c(O)c2c1oc1c(O)c(O)c(O)c(O)c12. The third-order valence-corrected chi connectivity index (χ3v) is 9.52. The molecular weight excluding hydrogens is 673 g/mol. The number of amidine groups is 2. The Balaban J connectivity index is 1.27.